The Balaban J connectivity index is 1.81. The number of hydrogen-bond donors (Lipinski definition) is 2. The Kier molecular flexibility index (Phi) is 3.44. The van der Waals surface area contributed by atoms with E-state index >= 15 is 0 Å². The van der Waals surface area contributed by atoms with Gasteiger partial charge >= 0.3 is 0 Å². The van der Waals surface area contributed by atoms with Crippen molar-refractivity contribution < 1.29 is 4.39 Å². The molecule has 0 saturated heterocycles. The van der Waals surface area contributed by atoms with Crippen LogP contribution in [0.1, 0.15) is 18.5 Å². The Bertz CT molecular complexity index is 643. The van der Waals surface area contributed by atoms with Gasteiger partial charge in [-0.25, -0.2) is 9.37 Å². The van der Waals surface area contributed by atoms with Crippen LogP contribution >= 0.6 is 11.6 Å². The predicted octanol–water partition coefficient (Wildman–Crippen LogP) is 3.90. The van der Waals surface area contributed by atoms with E-state index in [1.165, 1.54) is 25.0 Å². The maximum atomic E-state index is 13.1. The van der Waals surface area contributed by atoms with Crippen LogP contribution < -0.4 is 10.6 Å². The first kappa shape index (κ1) is 13.1. The van der Waals surface area contributed by atoms with Crippen LogP contribution in [0, 0.1) is 12.7 Å². The highest BCUT2D eigenvalue weighted by Gasteiger charge is 2.21. The minimum atomic E-state index is -0.446. The number of aryl methyl sites for hydroxylation is 1. The fourth-order valence-electron chi connectivity index (χ4n) is 1.84. The SMILES string of the molecule is Cc1cc(NC2CC2)nc(Nc2ccc(F)c(Cl)c2)n1. The first-order valence-corrected chi connectivity index (χ1v) is 6.82. The number of aromatic nitrogens is 2. The number of nitrogens with one attached hydrogen (secondary N) is 2. The van der Waals surface area contributed by atoms with Crippen LogP contribution in [-0.2, 0) is 0 Å². The van der Waals surface area contributed by atoms with Crippen molar-refractivity contribution in [2.24, 2.45) is 0 Å². The molecule has 2 aromatic rings. The summed E-state index contributed by atoms with van der Waals surface area (Å²) < 4.78 is 13.1. The van der Waals surface area contributed by atoms with Gasteiger partial charge in [0.1, 0.15) is 11.6 Å². The minimum absolute atomic E-state index is 0.0685. The van der Waals surface area contributed by atoms with Crippen molar-refractivity contribution in [3.63, 3.8) is 0 Å². The molecule has 2 N–H and O–H groups in total. The zero-order chi connectivity index (χ0) is 14.1. The molecule has 4 nitrogen and oxygen atoms in total. The third kappa shape index (κ3) is 3.17. The molecule has 1 aliphatic rings. The van der Waals surface area contributed by atoms with Crippen molar-refractivity contribution in [2.75, 3.05) is 10.6 Å². The summed E-state index contributed by atoms with van der Waals surface area (Å²) in [6.07, 6.45) is 2.36. The number of nitrogens with zero attached hydrogens (tertiary/aromatic N) is 2. The van der Waals surface area contributed by atoms with E-state index in [0.29, 0.717) is 17.7 Å². The van der Waals surface area contributed by atoms with Crippen LogP contribution in [0.25, 0.3) is 0 Å². The van der Waals surface area contributed by atoms with Gasteiger partial charge in [-0.2, -0.15) is 4.98 Å². The maximum Gasteiger partial charge on any atom is 0.229 e. The molecule has 0 amide bonds. The molecular weight excluding hydrogens is 279 g/mol. The van der Waals surface area contributed by atoms with Gasteiger partial charge in [0.05, 0.1) is 5.02 Å². The Morgan fingerprint density at radius 2 is 2.05 bits per heavy atom. The number of anilines is 3. The topological polar surface area (TPSA) is 49.8 Å². The maximum absolute atomic E-state index is 13.1. The van der Waals surface area contributed by atoms with E-state index in [1.54, 1.807) is 6.07 Å². The first-order valence-electron chi connectivity index (χ1n) is 6.44. The lowest BCUT2D eigenvalue weighted by Gasteiger charge is -2.09. The molecule has 0 unspecified atom stereocenters. The predicted molar refractivity (Wildman–Crippen MR) is 78.1 cm³/mol. The number of halogens is 2. The van der Waals surface area contributed by atoms with E-state index in [4.69, 9.17) is 11.6 Å². The van der Waals surface area contributed by atoms with E-state index in [9.17, 15) is 4.39 Å². The Labute approximate surface area is 121 Å². The van der Waals surface area contributed by atoms with Crippen molar-refractivity contribution in [1.82, 2.24) is 9.97 Å². The summed E-state index contributed by atoms with van der Waals surface area (Å²) in [6.45, 7) is 1.91. The first-order chi connectivity index (χ1) is 9.60. The summed E-state index contributed by atoms with van der Waals surface area (Å²) >= 11 is 5.75. The van der Waals surface area contributed by atoms with E-state index in [1.807, 2.05) is 13.0 Å². The number of rotatable bonds is 4. The fraction of sp³-hybridized carbons (Fsp3) is 0.286. The van der Waals surface area contributed by atoms with Crippen LogP contribution in [0.5, 0.6) is 0 Å². The lowest BCUT2D eigenvalue weighted by Crippen LogP contribution is -2.06. The van der Waals surface area contributed by atoms with Gasteiger partial charge in [0.25, 0.3) is 0 Å². The van der Waals surface area contributed by atoms with Crippen molar-refractivity contribution in [3.05, 3.63) is 40.8 Å². The third-order valence-electron chi connectivity index (χ3n) is 2.96. The number of benzene rings is 1. The second-order valence-electron chi connectivity index (χ2n) is 4.89. The van der Waals surface area contributed by atoms with E-state index in [2.05, 4.69) is 20.6 Å². The zero-order valence-corrected chi connectivity index (χ0v) is 11.7. The van der Waals surface area contributed by atoms with E-state index in [-0.39, 0.29) is 5.02 Å². The summed E-state index contributed by atoms with van der Waals surface area (Å²) in [4.78, 5) is 8.70. The van der Waals surface area contributed by atoms with Gasteiger partial charge in [0.2, 0.25) is 5.95 Å². The molecule has 3 rings (SSSR count). The second kappa shape index (κ2) is 5.25. The molecule has 1 heterocycles. The highest BCUT2D eigenvalue weighted by atomic mass is 35.5. The minimum Gasteiger partial charge on any atom is -0.367 e. The molecular formula is C14H14ClFN4. The van der Waals surface area contributed by atoms with Crippen LogP contribution in [0.2, 0.25) is 5.02 Å². The molecule has 1 aromatic carbocycles. The Morgan fingerprint density at radius 3 is 2.75 bits per heavy atom. The third-order valence-corrected chi connectivity index (χ3v) is 3.25. The molecule has 0 bridgehead atoms. The smallest absolute Gasteiger partial charge is 0.229 e. The van der Waals surface area contributed by atoms with Crippen molar-refractivity contribution in [3.8, 4) is 0 Å². The molecule has 0 aliphatic heterocycles. The summed E-state index contributed by atoms with van der Waals surface area (Å²) in [6, 6.07) is 6.85. The van der Waals surface area contributed by atoms with Gasteiger partial charge in [-0.1, -0.05) is 11.6 Å². The van der Waals surface area contributed by atoms with Crippen LogP contribution in [0.15, 0.2) is 24.3 Å². The van der Waals surface area contributed by atoms with Gasteiger partial charge in [0.15, 0.2) is 0 Å². The van der Waals surface area contributed by atoms with Crippen molar-refractivity contribution in [1.29, 1.82) is 0 Å². The van der Waals surface area contributed by atoms with Gasteiger partial charge < -0.3 is 10.6 Å². The molecule has 6 heteroatoms. The van der Waals surface area contributed by atoms with Gasteiger partial charge in [-0.3, -0.25) is 0 Å². The molecule has 0 atom stereocenters. The summed E-state index contributed by atoms with van der Waals surface area (Å²) in [5.41, 5.74) is 1.51. The highest BCUT2D eigenvalue weighted by molar-refractivity contribution is 6.31. The van der Waals surface area contributed by atoms with Crippen molar-refractivity contribution >= 4 is 29.1 Å². The van der Waals surface area contributed by atoms with Gasteiger partial charge in [-0.15, -0.1) is 0 Å². The lowest BCUT2D eigenvalue weighted by atomic mass is 10.3. The quantitative estimate of drug-likeness (QED) is 0.897. The molecule has 1 aromatic heterocycles. The molecule has 1 saturated carbocycles. The average Bonchev–Trinajstić information content (AvgIpc) is 3.17. The summed E-state index contributed by atoms with van der Waals surface area (Å²) in [5.74, 6) is 0.824. The monoisotopic (exact) mass is 292 g/mol. The Hall–Kier alpha value is -1.88. The molecule has 1 aliphatic carbocycles. The van der Waals surface area contributed by atoms with Gasteiger partial charge in [-0.05, 0) is 38.0 Å². The largest absolute Gasteiger partial charge is 0.367 e. The van der Waals surface area contributed by atoms with Crippen LogP contribution in [-0.4, -0.2) is 16.0 Å². The molecule has 0 radical (unpaired) electrons. The molecule has 0 spiro atoms. The Morgan fingerprint density at radius 1 is 1.25 bits per heavy atom. The van der Waals surface area contributed by atoms with Gasteiger partial charge in [0, 0.05) is 23.5 Å². The summed E-state index contributed by atoms with van der Waals surface area (Å²) in [7, 11) is 0. The van der Waals surface area contributed by atoms with E-state index < -0.39 is 5.82 Å². The van der Waals surface area contributed by atoms with Crippen molar-refractivity contribution in [2.45, 2.75) is 25.8 Å². The normalized spacial score (nSPS) is 14.2. The second-order valence-corrected chi connectivity index (χ2v) is 5.30. The lowest BCUT2D eigenvalue weighted by molar-refractivity contribution is 0.628. The van der Waals surface area contributed by atoms with Crippen LogP contribution in [0.4, 0.5) is 21.8 Å². The molecule has 20 heavy (non-hydrogen) atoms. The van der Waals surface area contributed by atoms with Crippen LogP contribution in [0.3, 0.4) is 0 Å². The number of hydrogen-bond acceptors (Lipinski definition) is 4. The highest BCUT2D eigenvalue weighted by Crippen LogP contribution is 2.25. The summed E-state index contributed by atoms with van der Waals surface area (Å²) in [5, 5.41) is 6.43. The average molecular weight is 293 g/mol. The fourth-order valence-corrected chi connectivity index (χ4v) is 2.02. The standard InChI is InChI=1S/C14H14ClFN4/c1-8-6-13(18-9-2-3-9)20-14(17-8)19-10-4-5-12(16)11(15)7-10/h4-7,9H,2-3H2,1H3,(H2,17,18,19,20). The molecule has 1 fully saturated rings. The molecule has 104 valence electrons. The van der Waals surface area contributed by atoms with E-state index in [0.717, 1.165) is 11.5 Å². The zero-order valence-electron chi connectivity index (χ0n) is 11.0.